The largest absolute Gasteiger partial charge is 0.493 e. The van der Waals surface area contributed by atoms with Crippen molar-refractivity contribution in [2.45, 2.75) is 13.0 Å². The topological polar surface area (TPSA) is 34.4 Å². The number of furan rings is 1. The van der Waals surface area contributed by atoms with Crippen LogP contribution in [0.15, 0.2) is 52.9 Å². The molecule has 4 rings (SSSR count). The SMILES string of the molecule is c1ccc2oc(CNc3ccc4c(c3)CCO4)cc2c1. The quantitative estimate of drug-likeness (QED) is 0.777. The van der Waals surface area contributed by atoms with Crippen LogP contribution in [-0.2, 0) is 13.0 Å². The van der Waals surface area contributed by atoms with E-state index >= 15 is 0 Å². The van der Waals surface area contributed by atoms with Gasteiger partial charge in [0.2, 0.25) is 0 Å². The van der Waals surface area contributed by atoms with Gasteiger partial charge in [-0.1, -0.05) is 18.2 Å². The summed E-state index contributed by atoms with van der Waals surface area (Å²) < 4.78 is 11.3. The monoisotopic (exact) mass is 265 g/mol. The van der Waals surface area contributed by atoms with Crippen LogP contribution in [0.5, 0.6) is 5.75 Å². The highest BCUT2D eigenvalue weighted by atomic mass is 16.5. The van der Waals surface area contributed by atoms with Crippen molar-refractivity contribution >= 4 is 16.7 Å². The Morgan fingerprint density at radius 1 is 1.05 bits per heavy atom. The Balaban J connectivity index is 1.52. The van der Waals surface area contributed by atoms with Crippen molar-refractivity contribution in [2.75, 3.05) is 11.9 Å². The molecule has 0 spiro atoms. The fourth-order valence-electron chi connectivity index (χ4n) is 2.61. The van der Waals surface area contributed by atoms with Gasteiger partial charge in [0.05, 0.1) is 13.2 Å². The van der Waals surface area contributed by atoms with Gasteiger partial charge in [0, 0.05) is 17.5 Å². The van der Waals surface area contributed by atoms with Crippen LogP contribution in [0.3, 0.4) is 0 Å². The summed E-state index contributed by atoms with van der Waals surface area (Å²) in [6.07, 6.45) is 0.996. The first-order valence-electron chi connectivity index (χ1n) is 6.85. The van der Waals surface area contributed by atoms with Crippen LogP contribution in [-0.4, -0.2) is 6.61 Å². The summed E-state index contributed by atoms with van der Waals surface area (Å²) in [5.74, 6) is 1.96. The summed E-state index contributed by atoms with van der Waals surface area (Å²) >= 11 is 0. The molecule has 0 aliphatic carbocycles. The van der Waals surface area contributed by atoms with Gasteiger partial charge in [-0.15, -0.1) is 0 Å². The predicted octanol–water partition coefficient (Wildman–Crippen LogP) is 3.98. The predicted molar refractivity (Wildman–Crippen MR) is 79.2 cm³/mol. The van der Waals surface area contributed by atoms with Crippen molar-refractivity contribution in [1.29, 1.82) is 0 Å². The minimum atomic E-state index is 0.689. The number of anilines is 1. The second kappa shape index (κ2) is 4.60. The van der Waals surface area contributed by atoms with Gasteiger partial charge >= 0.3 is 0 Å². The molecule has 0 radical (unpaired) electrons. The molecule has 0 saturated carbocycles. The molecule has 20 heavy (non-hydrogen) atoms. The van der Waals surface area contributed by atoms with Gasteiger partial charge in [-0.25, -0.2) is 0 Å². The van der Waals surface area contributed by atoms with E-state index in [4.69, 9.17) is 9.15 Å². The number of ether oxygens (including phenoxy) is 1. The van der Waals surface area contributed by atoms with Crippen LogP contribution in [0.25, 0.3) is 11.0 Å². The van der Waals surface area contributed by atoms with Gasteiger partial charge in [0.1, 0.15) is 17.1 Å². The lowest BCUT2D eigenvalue weighted by molar-refractivity contribution is 0.357. The lowest BCUT2D eigenvalue weighted by Gasteiger charge is -2.06. The molecule has 0 atom stereocenters. The first-order chi connectivity index (χ1) is 9.88. The van der Waals surface area contributed by atoms with Crippen LogP contribution in [0.1, 0.15) is 11.3 Å². The summed E-state index contributed by atoms with van der Waals surface area (Å²) in [5.41, 5.74) is 3.32. The highest BCUT2D eigenvalue weighted by Gasteiger charge is 2.12. The van der Waals surface area contributed by atoms with E-state index in [0.717, 1.165) is 41.2 Å². The molecule has 1 N–H and O–H groups in total. The third-order valence-electron chi connectivity index (χ3n) is 3.63. The van der Waals surface area contributed by atoms with Gasteiger partial charge in [-0.2, -0.15) is 0 Å². The summed E-state index contributed by atoms with van der Waals surface area (Å²) in [4.78, 5) is 0. The average molecular weight is 265 g/mol. The lowest BCUT2D eigenvalue weighted by atomic mass is 10.1. The number of benzene rings is 2. The summed E-state index contributed by atoms with van der Waals surface area (Å²) in [7, 11) is 0. The molecule has 1 aliphatic rings. The maximum Gasteiger partial charge on any atom is 0.134 e. The third-order valence-corrected chi connectivity index (χ3v) is 3.63. The van der Waals surface area contributed by atoms with Gasteiger partial charge in [0.25, 0.3) is 0 Å². The molecular weight excluding hydrogens is 250 g/mol. The van der Waals surface area contributed by atoms with E-state index in [0.29, 0.717) is 6.54 Å². The molecule has 0 bridgehead atoms. The minimum Gasteiger partial charge on any atom is -0.493 e. The van der Waals surface area contributed by atoms with E-state index in [9.17, 15) is 0 Å². The molecule has 0 fully saturated rings. The van der Waals surface area contributed by atoms with Gasteiger partial charge in [-0.3, -0.25) is 0 Å². The highest BCUT2D eigenvalue weighted by Crippen LogP contribution is 2.28. The molecule has 100 valence electrons. The molecule has 2 heterocycles. The van der Waals surface area contributed by atoms with Crippen molar-refractivity contribution in [3.63, 3.8) is 0 Å². The first-order valence-corrected chi connectivity index (χ1v) is 6.85. The van der Waals surface area contributed by atoms with Crippen LogP contribution in [0, 0.1) is 0 Å². The van der Waals surface area contributed by atoms with Crippen molar-refractivity contribution in [3.8, 4) is 5.75 Å². The Bertz CT molecular complexity index is 728. The number of hydrogen-bond donors (Lipinski definition) is 1. The summed E-state index contributed by atoms with van der Waals surface area (Å²) in [5, 5.41) is 4.55. The molecular formula is C17H15NO2. The zero-order chi connectivity index (χ0) is 13.4. The summed E-state index contributed by atoms with van der Waals surface area (Å²) in [6.45, 7) is 1.48. The number of rotatable bonds is 3. The average Bonchev–Trinajstić information content (AvgIpc) is 3.10. The van der Waals surface area contributed by atoms with E-state index in [1.54, 1.807) is 0 Å². The van der Waals surface area contributed by atoms with Crippen molar-refractivity contribution in [2.24, 2.45) is 0 Å². The molecule has 3 heteroatoms. The van der Waals surface area contributed by atoms with Crippen molar-refractivity contribution < 1.29 is 9.15 Å². The van der Waals surface area contributed by atoms with E-state index < -0.39 is 0 Å². The minimum absolute atomic E-state index is 0.689. The summed E-state index contributed by atoms with van der Waals surface area (Å²) in [6, 6.07) is 16.4. The molecule has 0 saturated heterocycles. The number of hydrogen-bond acceptors (Lipinski definition) is 3. The normalized spacial score (nSPS) is 13.2. The molecule has 0 unspecified atom stereocenters. The Hall–Kier alpha value is -2.42. The Kier molecular flexibility index (Phi) is 2.62. The first kappa shape index (κ1) is 11.4. The zero-order valence-electron chi connectivity index (χ0n) is 11.1. The van der Waals surface area contributed by atoms with Crippen molar-refractivity contribution in [1.82, 2.24) is 0 Å². The molecule has 0 amide bonds. The van der Waals surface area contributed by atoms with Crippen molar-refractivity contribution in [3.05, 3.63) is 59.9 Å². The fraction of sp³-hybridized carbons (Fsp3) is 0.176. The Morgan fingerprint density at radius 2 is 2.00 bits per heavy atom. The van der Waals surface area contributed by atoms with E-state index in [-0.39, 0.29) is 0 Å². The molecule has 1 aromatic heterocycles. The Labute approximate surface area is 117 Å². The smallest absolute Gasteiger partial charge is 0.134 e. The third kappa shape index (κ3) is 2.01. The maximum atomic E-state index is 5.80. The molecule has 2 aromatic carbocycles. The molecule has 1 aliphatic heterocycles. The molecule has 3 nitrogen and oxygen atoms in total. The van der Waals surface area contributed by atoms with Crippen LogP contribution >= 0.6 is 0 Å². The lowest BCUT2D eigenvalue weighted by Crippen LogP contribution is -1.98. The fourth-order valence-corrected chi connectivity index (χ4v) is 2.61. The van der Waals surface area contributed by atoms with E-state index in [2.05, 4.69) is 23.5 Å². The van der Waals surface area contributed by atoms with Gasteiger partial charge < -0.3 is 14.5 Å². The highest BCUT2D eigenvalue weighted by molar-refractivity contribution is 5.77. The van der Waals surface area contributed by atoms with Crippen LogP contribution in [0.4, 0.5) is 5.69 Å². The maximum absolute atomic E-state index is 5.80. The van der Waals surface area contributed by atoms with Gasteiger partial charge in [0.15, 0.2) is 0 Å². The standard InChI is InChI=1S/C17H15NO2/c1-2-4-17-12(3-1)10-15(20-17)11-18-14-5-6-16-13(9-14)7-8-19-16/h1-6,9-10,18H,7-8,11H2. The Morgan fingerprint density at radius 3 is 2.95 bits per heavy atom. The number of nitrogens with one attached hydrogen (secondary N) is 1. The van der Waals surface area contributed by atoms with E-state index in [1.165, 1.54) is 5.56 Å². The second-order valence-corrected chi connectivity index (χ2v) is 5.03. The van der Waals surface area contributed by atoms with Gasteiger partial charge in [-0.05, 0) is 35.9 Å². The molecule has 3 aromatic rings. The van der Waals surface area contributed by atoms with E-state index in [1.807, 2.05) is 30.3 Å². The van der Waals surface area contributed by atoms with Crippen LogP contribution < -0.4 is 10.1 Å². The number of para-hydroxylation sites is 1. The zero-order valence-corrected chi connectivity index (χ0v) is 11.1. The number of fused-ring (bicyclic) bond motifs is 2. The van der Waals surface area contributed by atoms with Crippen LogP contribution in [0.2, 0.25) is 0 Å². The second-order valence-electron chi connectivity index (χ2n) is 5.03.